The van der Waals surface area contributed by atoms with Crippen LogP contribution in [0.15, 0.2) is 0 Å². The van der Waals surface area contributed by atoms with E-state index in [1.807, 2.05) is 7.05 Å². The molecule has 1 aromatic heterocycles. The first kappa shape index (κ1) is 12.6. The molecule has 1 rings (SSSR count). The van der Waals surface area contributed by atoms with E-state index in [1.165, 1.54) is 29.3 Å². The van der Waals surface area contributed by atoms with Crippen molar-refractivity contribution in [2.75, 3.05) is 7.05 Å². The maximum Gasteiger partial charge on any atom is 0.0801 e. The first-order valence-corrected chi connectivity index (χ1v) is 6.50. The molecule has 0 radical (unpaired) electrons. The maximum absolute atomic E-state index is 4.17. The number of nitrogens with zero attached hydrogens (tertiary/aromatic N) is 2. The smallest absolute Gasteiger partial charge is 0.0801 e. The van der Waals surface area contributed by atoms with Crippen molar-refractivity contribution in [3.05, 3.63) is 10.6 Å². The third-order valence-corrected chi connectivity index (χ3v) is 3.68. The van der Waals surface area contributed by atoms with Crippen molar-refractivity contribution in [2.24, 2.45) is 5.92 Å². The zero-order valence-electron chi connectivity index (χ0n) is 10.1. The summed E-state index contributed by atoms with van der Waals surface area (Å²) in [6.45, 7) is 6.66. The molecule has 0 fully saturated rings. The monoisotopic (exact) mass is 227 g/mol. The molecule has 0 aromatic carbocycles. The van der Waals surface area contributed by atoms with Gasteiger partial charge in [0.05, 0.1) is 10.6 Å². The Labute approximate surface area is 96.5 Å². The van der Waals surface area contributed by atoms with E-state index in [0.717, 1.165) is 12.1 Å². The van der Waals surface area contributed by atoms with Crippen molar-refractivity contribution < 1.29 is 0 Å². The standard InChI is InChI=1S/C11H21N3S/c1-5-7-8(3)10(12-4)11-9(6-2)13-14-15-11/h8,10,12H,5-7H2,1-4H3. The number of hydrogen-bond acceptors (Lipinski definition) is 4. The van der Waals surface area contributed by atoms with Gasteiger partial charge in [0.15, 0.2) is 0 Å². The minimum Gasteiger partial charge on any atom is -0.312 e. The van der Waals surface area contributed by atoms with Gasteiger partial charge in [-0.3, -0.25) is 0 Å². The van der Waals surface area contributed by atoms with E-state index in [2.05, 4.69) is 35.7 Å². The molecule has 2 atom stereocenters. The Hall–Kier alpha value is -0.480. The topological polar surface area (TPSA) is 37.8 Å². The van der Waals surface area contributed by atoms with E-state index in [9.17, 15) is 0 Å². The zero-order valence-corrected chi connectivity index (χ0v) is 10.9. The van der Waals surface area contributed by atoms with E-state index >= 15 is 0 Å². The molecule has 0 aliphatic rings. The summed E-state index contributed by atoms with van der Waals surface area (Å²) in [6.07, 6.45) is 3.45. The van der Waals surface area contributed by atoms with Crippen molar-refractivity contribution in [2.45, 2.75) is 46.1 Å². The molecule has 0 aliphatic carbocycles. The molecule has 4 heteroatoms. The van der Waals surface area contributed by atoms with Gasteiger partial charge in [-0.1, -0.05) is 31.7 Å². The summed E-state index contributed by atoms with van der Waals surface area (Å²) in [5, 5.41) is 7.57. The van der Waals surface area contributed by atoms with Crippen LogP contribution in [0.1, 0.15) is 50.2 Å². The van der Waals surface area contributed by atoms with Crippen molar-refractivity contribution >= 4 is 11.5 Å². The highest BCUT2D eigenvalue weighted by Gasteiger charge is 2.22. The lowest BCUT2D eigenvalue weighted by Crippen LogP contribution is -2.23. The third-order valence-electron chi connectivity index (χ3n) is 2.83. The fourth-order valence-corrected chi connectivity index (χ4v) is 2.97. The summed E-state index contributed by atoms with van der Waals surface area (Å²) in [5.74, 6) is 0.646. The van der Waals surface area contributed by atoms with Crippen LogP contribution in [0.4, 0.5) is 0 Å². The molecule has 3 nitrogen and oxygen atoms in total. The molecule has 86 valence electrons. The summed E-state index contributed by atoms with van der Waals surface area (Å²) < 4.78 is 4.06. The van der Waals surface area contributed by atoms with Gasteiger partial charge < -0.3 is 5.32 Å². The minimum atomic E-state index is 0.417. The SMILES string of the molecule is CCCC(C)C(NC)c1snnc1CC. The summed E-state index contributed by atoms with van der Waals surface area (Å²) in [4.78, 5) is 1.32. The fourth-order valence-electron chi connectivity index (χ4n) is 1.99. The van der Waals surface area contributed by atoms with Crippen LogP contribution in [0.3, 0.4) is 0 Å². The highest BCUT2D eigenvalue weighted by Crippen LogP contribution is 2.29. The van der Waals surface area contributed by atoms with Crippen molar-refractivity contribution in [3.63, 3.8) is 0 Å². The van der Waals surface area contributed by atoms with E-state index in [1.54, 1.807) is 0 Å². The molecular formula is C11H21N3S. The molecule has 1 heterocycles. The Balaban J connectivity index is 2.81. The summed E-state index contributed by atoms with van der Waals surface area (Å²) in [7, 11) is 2.02. The van der Waals surface area contributed by atoms with Gasteiger partial charge in [0.2, 0.25) is 0 Å². The van der Waals surface area contributed by atoms with E-state index < -0.39 is 0 Å². The van der Waals surface area contributed by atoms with Gasteiger partial charge in [-0.2, -0.15) is 0 Å². The van der Waals surface area contributed by atoms with Gasteiger partial charge in [0.25, 0.3) is 0 Å². The molecule has 1 N–H and O–H groups in total. The Morgan fingerprint density at radius 1 is 1.40 bits per heavy atom. The highest BCUT2D eigenvalue weighted by atomic mass is 32.1. The summed E-state index contributed by atoms with van der Waals surface area (Å²) >= 11 is 1.54. The van der Waals surface area contributed by atoms with Crippen LogP contribution in [0.5, 0.6) is 0 Å². The number of nitrogens with one attached hydrogen (secondary N) is 1. The molecule has 0 spiro atoms. The van der Waals surface area contributed by atoms with Gasteiger partial charge in [-0.05, 0) is 37.3 Å². The number of aryl methyl sites for hydroxylation is 1. The lowest BCUT2D eigenvalue weighted by atomic mass is 9.94. The van der Waals surface area contributed by atoms with Gasteiger partial charge in [-0.25, -0.2) is 0 Å². The average molecular weight is 227 g/mol. The van der Waals surface area contributed by atoms with E-state index in [-0.39, 0.29) is 0 Å². The van der Waals surface area contributed by atoms with Crippen LogP contribution in [0.25, 0.3) is 0 Å². The van der Waals surface area contributed by atoms with Crippen LogP contribution in [0.2, 0.25) is 0 Å². The number of hydrogen-bond donors (Lipinski definition) is 1. The molecule has 15 heavy (non-hydrogen) atoms. The highest BCUT2D eigenvalue weighted by molar-refractivity contribution is 7.05. The van der Waals surface area contributed by atoms with Crippen molar-refractivity contribution in [3.8, 4) is 0 Å². The molecule has 0 saturated carbocycles. The largest absolute Gasteiger partial charge is 0.312 e. The molecule has 0 saturated heterocycles. The average Bonchev–Trinajstić information content (AvgIpc) is 2.67. The third kappa shape index (κ3) is 2.98. The van der Waals surface area contributed by atoms with Gasteiger partial charge >= 0.3 is 0 Å². The van der Waals surface area contributed by atoms with Crippen LogP contribution < -0.4 is 5.32 Å². The summed E-state index contributed by atoms with van der Waals surface area (Å²) in [6, 6.07) is 0.417. The van der Waals surface area contributed by atoms with Crippen molar-refractivity contribution in [1.82, 2.24) is 14.9 Å². The zero-order chi connectivity index (χ0) is 11.3. The Bertz CT molecular complexity index is 285. The quantitative estimate of drug-likeness (QED) is 0.812. The van der Waals surface area contributed by atoms with Crippen molar-refractivity contribution in [1.29, 1.82) is 0 Å². The van der Waals surface area contributed by atoms with Crippen LogP contribution in [-0.4, -0.2) is 16.6 Å². The maximum atomic E-state index is 4.17. The molecule has 0 amide bonds. The van der Waals surface area contributed by atoms with Gasteiger partial charge in [0, 0.05) is 6.04 Å². The molecular weight excluding hydrogens is 206 g/mol. The predicted molar refractivity (Wildman–Crippen MR) is 65.2 cm³/mol. The minimum absolute atomic E-state index is 0.417. The normalized spacial score (nSPS) is 15.2. The van der Waals surface area contributed by atoms with Crippen LogP contribution in [0, 0.1) is 5.92 Å². The first-order chi connectivity index (χ1) is 7.24. The Morgan fingerprint density at radius 3 is 2.67 bits per heavy atom. The molecule has 1 aromatic rings. The molecule has 0 aliphatic heterocycles. The van der Waals surface area contributed by atoms with Gasteiger partial charge in [0.1, 0.15) is 0 Å². The Morgan fingerprint density at radius 2 is 2.13 bits per heavy atom. The van der Waals surface area contributed by atoms with Gasteiger partial charge in [-0.15, -0.1) is 5.10 Å². The predicted octanol–water partition coefficient (Wildman–Crippen LogP) is 2.80. The molecule has 0 bridgehead atoms. The lowest BCUT2D eigenvalue weighted by Gasteiger charge is -2.22. The number of aromatic nitrogens is 2. The summed E-state index contributed by atoms with van der Waals surface area (Å²) in [5.41, 5.74) is 1.15. The Kier molecular flexibility index (Phi) is 5.19. The first-order valence-electron chi connectivity index (χ1n) is 5.72. The van der Waals surface area contributed by atoms with Crippen LogP contribution in [-0.2, 0) is 6.42 Å². The fraction of sp³-hybridized carbons (Fsp3) is 0.818. The second-order valence-corrected chi connectivity index (χ2v) is 4.76. The lowest BCUT2D eigenvalue weighted by molar-refractivity contribution is 0.386. The van der Waals surface area contributed by atoms with E-state index in [4.69, 9.17) is 0 Å². The number of rotatable bonds is 6. The van der Waals surface area contributed by atoms with Crippen LogP contribution >= 0.6 is 11.5 Å². The molecule has 2 unspecified atom stereocenters. The second kappa shape index (κ2) is 6.18. The second-order valence-electron chi connectivity index (χ2n) is 3.97. The van der Waals surface area contributed by atoms with E-state index in [0.29, 0.717) is 12.0 Å².